The van der Waals surface area contributed by atoms with Crippen LogP contribution in [0.2, 0.25) is 0 Å². The van der Waals surface area contributed by atoms with Crippen molar-refractivity contribution in [2.75, 3.05) is 37.0 Å². The fourth-order valence-electron chi connectivity index (χ4n) is 3.99. The summed E-state index contributed by atoms with van der Waals surface area (Å²) in [7, 11) is 1.49. The Bertz CT molecular complexity index is 1190. The first-order valence-electron chi connectivity index (χ1n) is 11.7. The third kappa shape index (κ3) is 6.15. The number of rotatable bonds is 8. The van der Waals surface area contributed by atoms with Crippen LogP contribution in [0.25, 0.3) is 11.3 Å². The van der Waals surface area contributed by atoms with Gasteiger partial charge in [-0.1, -0.05) is 19.1 Å². The molecule has 0 radical (unpaired) electrons. The monoisotopic (exact) mass is 474 g/mol. The second-order valence-corrected chi connectivity index (χ2v) is 8.79. The Morgan fingerprint density at radius 2 is 1.83 bits per heavy atom. The number of nitrogens with one attached hydrogen (secondary N) is 1. The molecule has 3 aromatic rings. The van der Waals surface area contributed by atoms with Crippen molar-refractivity contribution >= 4 is 23.2 Å². The lowest BCUT2D eigenvalue weighted by atomic mass is 9.99. The van der Waals surface area contributed by atoms with Crippen LogP contribution in [-0.2, 0) is 4.79 Å². The first-order valence-corrected chi connectivity index (χ1v) is 11.7. The van der Waals surface area contributed by atoms with Crippen LogP contribution in [0.4, 0.5) is 11.5 Å². The number of methoxy groups -OCH3 is 1. The van der Waals surface area contributed by atoms with Crippen molar-refractivity contribution in [3.8, 4) is 22.8 Å². The molecule has 8 nitrogen and oxygen atoms in total. The molecule has 0 saturated carbocycles. The molecule has 182 valence electrons. The molecule has 1 fully saturated rings. The lowest BCUT2D eigenvalue weighted by Gasteiger charge is -2.30. The molecule has 8 heteroatoms. The number of benzene rings is 2. The van der Waals surface area contributed by atoms with Gasteiger partial charge in [0.05, 0.1) is 12.8 Å². The van der Waals surface area contributed by atoms with E-state index in [1.807, 2.05) is 30.3 Å². The fourth-order valence-corrected chi connectivity index (χ4v) is 3.99. The molecular weight excluding hydrogens is 444 g/mol. The molecule has 1 aromatic heterocycles. The summed E-state index contributed by atoms with van der Waals surface area (Å²) in [6.07, 6.45) is 2.34. The third-order valence-electron chi connectivity index (χ3n) is 6.13. The predicted octanol–water partition coefficient (Wildman–Crippen LogP) is 4.61. The van der Waals surface area contributed by atoms with Gasteiger partial charge in [-0.25, -0.2) is 0 Å². The van der Waals surface area contributed by atoms with Crippen molar-refractivity contribution in [3.05, 3.63) is 60.2 Å². The lowest BCUT2D eigenvalue weighted by Crippen LogP contribution is -2.33. The Hall–Kier alpha value is -3.94. The molecule has 4 rings (SSSR count). The number of nitrogens with zero attached hydrogens (tertiary/aromatic N) is 3. The molecule has 0 atom stereocenters. The van der Waals surface area contributed by atoms with Gasteiger partial charge >= 0.3 is 0 Å². The average Bonchev–Trinajstić information content (AvgIpc) is 2.88. The number of carbonyl (C=O) groups excluding carboxylic acids is 2. The number of Topliss-reactive ketones (excluding diaryl/α,β-unsaturated/α-hetero) is 1. The molecule has 0 spiro atoms. The summed E-state index contributed by atoms with van der Waals surface area (Å²) >= 11 is 0. The number of hydrogen-bond donors (Lipinski definition) is 1. The Morgan fingerprint density at radius 1 is 1.03 bits per heavy atom. The van der Waals surface area contributed by atoms with Crippen LogP contribution >= 0.6 is 0 Å². The second-order valence-electron chi connectivity index (χ2n) is 8.79. The number of ether oxygens (including phenoxy) is 2. The molecular formula is C27H30N4O4. The highest BCUT2D eigenvalue weighted by Gasteiger charge is 2.17. The van der Waals surface area contributed by atoms with E-state index in [1.54, 1.807) is 24.3 Å². The largest absolute Gasteiger partial charge is 0.493 e. The summed E-state index contributed by atoms with van der Waals surface area (Å²) < 4.78 is 10.9. The van der Waals surface area contributed by atoms with Crippen molar-refractivity contribution in [3.63, 3.8) is 0 Å². The SMILES string of the molecule is COc1cc(C(C)=O)ccc1OCC(=O)Nc1cccc(-c2ccc(N3CCC(C)CC3)nn2)c1. The third-order valence-corrected chi connectivity index (χ3v) is 6.13. The maximum atomic E-state index is 12.5. The first kappa shape index (κ1) is 24.2. The first-order chi connectivity index (χ1) is 16.9. The maximum Gasteiger partial charge on any atom is 0.262 e. The summed E-state index contributed by atoms with van der Waals surface area (Å²) in [6.45, 7) is 5.57. The van der Waals surface area contributed by atoms with Crippen molar-refractivity contribution in [2.45, 2.75) is 26.7 Å². The lowest BCUT2D eigenvalue weighted by molar-refractivity contribution is -0.118. The highest BCUT2D eigenvalue weighted by atomic mass is 16.5. The number of carbonyl (C=O) groups is 2. The van der Waals surface area contributed by atoms with E-state index in [9.17, 15) is 9.59 Å². The van der Waals surface area contributed by atoms with Gasteiger partial charge in [0.1, 0.15) is 0 Å². The van der Waals surface area contributed by atoms with Crippen LogP contribution in [0.3, 0.4) is 0 Å². The van der Waals surface area contributed by atoms with E-state index in [0.29, 0.717) is 22.7 Å². The highest BCUT2D eigenvalue weighted by molar-refractivity contribution is 5.95. The summed E-state index contributed by atoms with van der Waals surface area (Å²) in [6, 6.07) is 16.3. The fraction of sp³-hybridized carbons (Fsp3) is 0.333. The van der Waals surface area contributed by atoms with E-state index in [-0.39, 0.29) is 18.3 Å². The summed E-state index contributed by atoms with van der Waals surface area (Å²) in [5.74, 6) is 2.05. The van der Waals surface area contributed by atoms with Crippen LogP contribution in [0.5, 0.6) is 11.5 Å². The highest BCUT2D eigenvalue weighted by Crippen LogP contribution is 2.28. The Balaban J connectivity index is 1.37. The van der Waals surface area contributed by atoms with Gasteiger partial charge in [0.15, 0.2) is 29.7 Å². The van der Waals surface area contributed by atoms with Gasteiger partial charge in [-0.15, -0.1) is 10.2 Å². The van der Waals surface area contributed by atoms with E-state index >= 15 is 0 Å². The predicted molar refractivity (Wildman–Crippen MR) is 135 cm³/mol. The van der Waals surface area contributed by atoms with Gasteiger partial charge in [-0.05, 0) is 68.1 Å². The van der Waals surface area contributed by atoms with Crippen LogP contribution in [0, 0.1) is 5.92 Å². The standard InChI is InChI=1S/C27H30N4O4/c1-18-11-13-31(14-12-18)26-10-8-23(29-30-26)21-5-4-6-22(15-21)28-27(33)17-35-24-9-7-20(19(2)32)16-25(24)34-3/h4-10,15-16,18H,11-14,17H2,1-3H3,(H,28,33). The molecule has 0 bridgehead atoms. The molecule has 1 aliphatic rings. The van der Waals surface area contributed by atoms with Crippen LogP contribution < -0.4 is 19.7 Å². The quantitative estimate of drug-likeness (QED) is 0.477. The molecule has 35 heavy (non-hydrogen) atoms. The van der Waals surface area contributed by atoms with E-state index in [0.717, 1.165) is 36.1 Å². The van der Waals surface area contributed by atoms with Crippen molar-refractivity contribution in [2.24, 2.45) is 5.92 Å². The van der Waals surface area contributed by atoms with Crippen LogP contribution in [0.1, 0.15) is 37.0 Å². The van der Waals surface area contributed by atoms with Gasteiger partial charge < -0.3 is 19.7 Å². The number of amides is 1. The smallest absolute Gasteiger partial charge is 0.262 e. The molecule has 0 aliphatic carbocycles. The van der Waals surface area contributed by atoms with Crippen molar-refractivity contribution in [1.82, 2.24) is 10.2 Å². The minimum Gasteiger partial charge on any atom is -0.493 e. The van der Waals surface area contributed by atoms with Crippen molar-refractivity contribution in [1.29, 1.82) is 0 Å². The van der Waals surface area contributed by atoms with Crippen LogP contribution in [0.15, 0.2) is 54.6 Å². The van der Waals surface area contributed by atoms with E-state index in [4.69, 9.17) is 9.47 Å². The number of anilines is 2. The van der Waals surface area contributed by atoms with Crippen molar-refractivity contribution < 1.29 is 19.1 Å². The normalized spacial score (nSPS) is 13.9. The molecule has 2 heterocycles. The Labute approximate surface area is 205 Å². The molecule has 1 amide bonds. The number of ketones is 1. The summed E-state index contributed by atoms with van der Waals surface area (Å²) in [5.41, 5.74) is 2.74. The number of aromatic nitrogens is 2. The summed E-state index contributed by atoms with van der Waals surface area (Å²) in [5, 5.41) is 11.7. The zero-order valence-electron chi connectivity index (χ0n) is 20.3. The molecule has 2 aromatic carbocycles. The minimum atomic E-state index is -0.319. The minimum absolute atomic E-state index is 0.0760. The van der Waals surface area contributed by atoms with E-state index in [2.05, 4.69) is 27.3 Å². The summed E-state index contributed by atoms with van der Waals surface area (Å²) in [4.78, 5) is 26.3. The second kappa shape index (κ2) is 11.0. The van der Waals surface area contributed by atoms with Gasteiger partial charge in [-0.3, -0.25) is 9.59 Å². The number of piperidine rings is 1. The molecule has 0 unspecified atom stereocenters. The molecule has 1 saturated heterocycles. The van der Waals surface area contributed by atoms with E-state index < -0.39 is 0 Å². The maximum absolute atomic E-state index is 12.5. The number of hydrogen-bond acceptors (Lipinski definition) is 7. The topological polar surface area (TPSA) is 93.6 Å². The molecule has 1 N–H and O–H groups in total. The Kier molecular flexibility index (Phi) is 7.60. The van der Waals surface area contributed by atoms with Gasteiger partial charge in [0.2, 0.25) is 0 Å². The Morgan fingerprint density at radius 3 is 2.51 bits per heavy atom. The van der Waals surface area contributed by atoms with E-state index in [1.165, 1.54) is 26.9 Å². The van der Waals surface area contributed by atoms with Crippen LogP contribution in [-0.4, -0.2) is 48.7 Å². The molecule has 1 aliphatic heterocycles. The zero-order valence-corrected chi connectivity index (χ0v) is 20.3. The van der Waals surface area contributed by atoms with Gasteiger partial charge in [0.25, 0.3) is 5.91 Å². The van der Waals surface area contributed by atoms with Gasteiger partial charge in [-0.2, -0.15) is 0 Å². The zero-order chi connectivity index (χ0) is 24.8. The average molecular weight is 475 g/mol. The van der Waals surface area contributed by atoms with Gasteiger partial charge in [0, 0.05) is 29.9 Å².